The number of unbranched alkanes of at least 4 members (excludes halogenated alkanes) is 33. The number of phosphoric acid groups is 1. The van der Waals surface area contributed by atoms with E-state index in [2.05, 4.69) is 38.2 Å². The highest BCUT2D eigenvalue weighted by Gasteiger charge is 2.27. The number of rotatable bonds is 51. The molecular weight excluding hydrogens is 834 g/mol. The first-order chi connectivity index (χ1) is 31.5. The van der Waals surface area contributed by atoms with Crippen molar-refractivity contribution in [1.29, 1.82) is 0 Å². The summed E-state index contributed by atoms with van der Waals surface area (Å²) in [6.07, 6.45) is 55.3. The summed E-state index contributed by atoms with van der Waals surface area (Å²) >= 11 is 0. The number of carbonyl (C=O) groups excluding carboxylic acids is 2. The summed E-state index contributed by atoms with van der Waals surface area (Å²) in [5.41, 5.74) is 0. The minimum Gasteiger partial charge on any atom is -0.462 e. The van der Waals surface area contributed by atoms with E-state index in [-0.39, 0.29) is 25.6 Å². The van der Waals surface area contributed by atoms with Crippen LogP contribution in [0.15, 0.2) is 24.3 Å². The van der Waals surface area contributed by atoms with Crippen molar-refractivity contribution in [2.45, 2.75) is 270 Å². The number of hydrogen-bond acceptors (Lipinski definition) is 7. The van der Waals surface area contributed by atoms with Gasteiger partial charge in [-0.1, -0.05) is 231 Å². The number of likely N-dealkylation sites (N-methyl/N-ethyl adjacent to an activating group) is 1. The molecule has 384 valence electrons. The fourth-order valence-corrected chi connectivity index (χ4v) is 8.67. The molecule has 0 heterocycles. The third-order valence-corrected chi connectivity index (χ3v) is 13.2. The van der Waals surface area contributed by atoms with Gasteiger partial charge in [-0.3, -0.25) is 18.6 Å². The first-order valence-corrected chi connectivity index (χ1v) is 29.1. The van der Waals surface area contributed by atoms with Crippen LogP contribution in [-0.4, -0.2) is 74.9 Å². The minimum absolute atomic E-state index is 0.0310. The largest absolute Gasteiger partial charge is 0.472 e. The zero-order valence-electron chi connectivity index (χ0n) is 43.5. The molecule has 65 heavy (non-hydrogen) atoms. The zero-order chi connectivity index (χ0) is 47.8. The lowest BCUT2D eigenvalue weighted by molar-refractivity contribution is -0.870. The smallest absolute Gasteiger partial charge is 0.462 e. The maximum atomic E-state index is 12.7. The molecular formula is C55H107NO8P+. The fourth-order valence-electron chi connectivity index (χ4n) is 7.93. The van der Waals surface area contributed by atoms with E-state index in [4.69, 9.17) is 18.5 Å². The van der Waals surface area contributed by atoms with Gasteiger partial charge >= 0.3 is 19.8 Å². The molecule has 0 aromatic rings. The van der Waals surface area contributed by atoms with Crippen LogP contribution < -0.4 is 0 Å². The Balaban J connectivity index is 4.13. The van der Waals surface area contributed by atoms with Crippen molar-refractivity contribution >= 4 is 19.8 Å². The molecule has 0 aromatic heterocycles. The van der Waals surface area contributed by atoms with Crippen LogP contribution in [0.1, 0.15) is 264 Å². The van der Waals surface area contributed by atoms with E-state index in [9.17, 15) is 19.0 Å². The minimum atomic E-state index is -4.38. The average molecular weight is 941 g/mol. The zero-order valence-corrected chi connectivity index (χ0v) is 44.4. The summed E-state index contributed by atoms with van der Waals surface area (Å²) < 4.78 is 34.5. The van der Waals surface area contributed by atoms with E-state index in [1.807, 2.05) is 21.1 Å². The molecule has 2 atom stereocenters. The monoisotopic (exact) mass is 941 g/mol. The summed E-state index contributed by atoms with van der Waals surface area (Å²) in [5, 5.41) is 0. The predicted molar refractivity (Wildman–Crippen MR) is 275 cm³/mol. The van der Waals surface area contributed by atoms with Gasteiger partial charge in [0.1, 0.15) is 19.8 Å². The van der Waals surface area contributed by atoms with Crippen LogP contribution in [0.5, 0.6) is 0 Å². The second kappa shape index (κ2) is 47.6. The Morgan fingerprint density at radius 3 is 1.23 bits per heavy atom. The number of allylic oxidation sites excluding steroid dienone is 4. The van der Waals surface area contributed by atoms with Crippen molar-refractivity contribution in [3.05, 3.63) is 24.3 Å². The van der Waals surface area contributed by atoms with Gasteiger partial charge in [0.2, 0.25) is 0 Å². The number of esters is 2. The lowest BCUT2D eigenvalue weighted by atomic mass is 10.0. The third kappa shape index (κ3) is 51.7. The molecule has 0 aliphatic heterocycles. The summed E-state index contributed by atoms with van der Waals surface area (Å²) in [4.78, 5) is 35.6. The molecule has 0 aromatic carbocycles. The quantitative estimate of drug-likeness (QED) is 0.0211. The molecule has 1 N–H and O–H groups in total. The van der Waals surface area contributed by atoms with Crippen molar-refractivity contribution in [2.75, 3.05) is 47.5 Å². The molecule has 10 heteroatoms. The van der Waals surface area contributed by atoms with Crippen molar-refractivity contribution in [1.82, 2.24) is 0 Å². The Hall–Kier alpha value is -1.51. The van der Waals surface area contributed by atoms with Crippen LogP contribution in [0.3, 0.4) is 0 Å². The Bertz CT molecular complexity index is 1150. The molecule has 9 nitrogen and oxygen atoms in total. The maximum absolute atomic E-state index is 12.7. The van der Waals surface area contributed by atoms with Crippen molar-refractivity contribution < 1.29 is 42.1 Å². The van der Waals surface area contributed by atoms with E-state index < -0.39 is 26.5 Å². The van der Waals surface area contributed by atoms with Crippen LogP contribution in [0.4, 0.5) is 0 Å². The second-order valence-electron chi connectivity index (χ2n) is 20.0. The molecule has 0 amide bonds. The molecule has 0 radical (unpaired) electrons. The van der Waals surface area contributed by atoms with Crippen LogP contribution in [0.2, 0.25) is 0 Å². The van der Waals surface area contributed by atoms with Crippen molar-refractivity contribution in [3.63, 3.8) is 0 Å². The average Bonchev–Trinajstić information content (AvgIpc) is 3.26. The van der Waals surface area contributed by atoms with Crippen LogP contribution >= 0.6 is 7.82 Å². The highest BCUT2D eigenvalue weighted by molar-refractivity contribution is 7.47. The van der Waals surface area contributed by atoms with Crippen LogP contribution in [-0.2, 0) is 32.7 Å². The van der Waals surface area contributed by atoms with E-state index >= 15 is 0 Å². The first-order valence-electron chi connectivity index (χ1n) is 27.6. The standard InChI is InChI=1S/C55H106NO8P/c1-6-8-10-12-14-16-18-20-22-24-25-26-27-28-29-30-31-32-34-35-37-39-41-43-45-47-54(57)61-51-53(52-63-65(59,60)62-50-49-56(3,4)5)64-55(58)48-46-44-42-40-38-36-33-23-21-19-17-15-13-11-9-7-2/h17,19,23,33,53H,6-16,18,20-22,24-32,34-52H2,1-5H3/p+1/b19-17-,33-23-. The van der Waals surface area contributed by atoms with Gasteiger partial charge in [0.25, 0.3) is 0 Å². The SMILES string of the molecule is CCCCCC/C=C\C/C=C\CCCCCCCC(=O)OC(COC(=O)CCCCCCCCCCCCCCCCCCCCCCCCCCC)COP(=O)(O)OCC[N+](C)(C)C. The lowest BCUT2D eigenvalue weighted by Gasteiger charge is -2.24. The van der Waals surface area contributed by atoms with E-state index in [0.29, 0.717) is 23.9 Å². The highest BCUT2D eigenvalue weighted by atomic mass is 31.2. The Morgan fingerprint density at radius 2 is 0.831 bits per heavy atom. The normalized spacial score (nSPS) is 13.5. The summed E-state index contributed by atoms with van der Waals surface area (Å²) in [7, 11) is 1.48. The number of hydrogen-bond donors (Lipinski definition) is 1. The molecule has 0 aliphatic carbocycles. The molecule has 2 unspecified atom stereocenters. The molecule has 0 aliphatic rings. The first kappa shape index (κ1) is 63.5. The number of phosphoric ester groups is 1. The number of carbonyl (C=O) groups is 2. The summed E-state index contributed by atoms with van der Waals surface area (Å²) in [6.45, 7) is 4.44. The van der Waals surface area contributed by atoms with Crippen LogP contribution in [0.25, 0.3) is 0 Å². The van der Waals surface area contributed by atoms with Gasteiger partial charge in [-0.05, 0) is 44.9 Å². The summed E-state index contributed by atoms with van der Waals surface area (Å²) in [6, 6.07) is 0. The Kier molecular flexibility index (Phi) is 46.4. The van der Waals surface area contributed by atoms with E-state index in [1.165, 1.54) is 173 Å². The van der Waals surface area contributed by atoms with Crippen molar-refractivity contribution in [3.8, 4) is 0 Å². The third-order valence-electron chi connectivity index (χ3n) is 12.2. The number of nitrogens with zero attached hydrogens (tertiary/aromatic N) is 1. The van der Waals surface area contributed by atoms with Gasteiger partial charge in [-0.25, -0.2) is 4.57 Å². The van der Waals surface area contributed by atoms with Crippen LogP contribution in [0, 0.1) is 0 Å². The molecule has 0 spiro atoms. The molecule has 0 saturated heterocycles. The molecule has 0 bridgehead atoms. The number of ether oxygens (including phenoxy) is 2. The maximum Gasteiger partial charge on any atom is 0.472 e. The lowest BCUT2D eigenvalue weighted by Crippen LogP contribution is -2.37. The predicted octanol–water partition coefficient (Wildman–Crippen LogP) is 16.6. The highest BCUT2D eigenvalue weighted by Crippen LogP contribution is 2.43. The van der Waals surface area contributed by atoms with Gasteiger partial charge in [0.05, 0.1) is 27.7 Å². The molecule has 0 saturated carbocycles. The van der Waals surface area contributed by atoms with Gasteiger partial charge in [-0.2, -0.15) is 0 Å². The topological polar surface area (TPSA) is 108 Å². The molecule has 0 fully saturated rings. The van der Waals surface area contributed by atoms with Gasteiger partial charge in [0, 0.05) is 12.8 Å². The second-order valence-corrected chi connectivity index (χ2v) is 21.4. The Morgan fingerprint density at radius 1 is 0.477 bits per heavy atom. The van der Waals surface area contributed by atoms with Gasteiger partial charge < -0.3 is 18.9 Å². The van der Waals surface area contributed by atoms with Crippen molar-refractivity contribution in [2.24, 2.45) is 0 Å². The van der Waals surface area contributed by atoms with E-state index in [0.717, 1.165) is 57.8 Å². The van der Waals surface area contributed by atoms with E-state index in [1.54, 1.807) is 0 Å². The van der Waals surface area contributed by atoms with Gasteiger partial charge in [0.15, 0.2) is 6.10 Å². The Labute approximate surface area is 402 Å². The number of quaternary nitrogens is 1. The summed E-state index contributed by atoms with van der Waals surface area (Å²) in [5.74, 6) is -0.800. The van der Waals surface area contributed by atoms with Gasteiger partial charge in [-0.15, -0.1) is 0 Å². The fraction of sp³-hybridized carbons (Fsp3) is 0.891. The molecule has 0 rings (SSSR count).